The maximum absolute atomic E-state index is 13.4. The average Bonchev–Trinajstić information content (AvgIpc) is 3.03. The van der Waals surface area contributed by atoms with Crippen molar-refractivity contribution in [2.45, 2.75) is 24.6 Å². The highest BCUT2D eigenvalue weighted by atomic mass is 19.4. The van der Waals surface area contributed by atoms with Crippen LogP contribution >= 0.6 is 0 Å². The number of anilines is 1. The third-order valence-corrected chi connectivity index (χ3v) is 4.86. The van der Waals surface area contributed by atoms with Crippen molar-refractivity contribution in [2.75, 3.05) is 5.32 Å². The van der Waals surface area contributed by atoms with Crippen LogP contribution in [-0.2, 0) is 6.18 Å². The maximum Gasteiger partial charge on any atom is 0.418 e. The standard InChI is InChI=1S/C19H16F3N/c20-19(21,22)16-11-5-10-15-13-8-4-9-14(13)17(23-18(15)16)12-6-2-1-3-7-12/h1-8,10-11,13-14,17,23H,9H2/t13-,14-,17+/m0/s1. The highest BCUT2D eigenvalue weighted by Crippen LogP contribution is 2.52. The first kappa shape index (κ1) is 14.4. The smallest absolute Gasteiger partial charge is 0.377 e. The van der Waals surface area contributed by atoms with Gasteiger partial charge in [-0.25, -0.2) is 0 Å². The lowest BCUT2D eigenvalue weighted by molar-refractivity contribution is -0.137. The molecule has 4 rings (SSSR count). The molecule has 3 atom stereocenters. The molecular formula is C19H16F3N. The van der Waals surface area contributed by atoms with Crippen LogP contribution < -0.4 is 5.32 Å². The molecule has 0 radical (unpaired) electrons. The minimum Gasteiger partial charge on any atom is -0.377 e. The summed E-state index contributed by atoms with van der Waals surface area (Å²) in [7, 11) is 0. The zero-order chi connectivity index (χ0) is 16.0. The Hall–Kier alpha value is -2.23. The molecule has 1 nitrogen and oxygen atoms in total. The van der Waals surface area contributed by atoms with E-state index in [0.29, 0.717) is 0 Å². The second kappa shape index (κ2) is 5.15. The minimum atomic E-state index is -4.35. The molecule has 0 fully saturated rings. The monoisotopic (exact) mass is 315 g/mol. The Kier molecular flexibility index (Phi) is 3.22. The van der Waals surface area contributed by atoms with Crippen LogP contribution in [0.2, 0.25) is 0 Å². The van der Waals surface area contributed by atoms with Gasteiger partial charge in [0.1, 0.15) is 0 Å². The van der Waals surface area contributed by atoms with Crippen LogP contribution in [0.1, 0.15) is 35.1 Å². The first-order chi connectivity index (χ1) is 11.1. The Morgan fingerprint density at radius 2 is 1.74 bits per heavy atom. The molecule has 0 bridgehead atoms. The van der Waals surface area contributed by atoms with Crippen LogP contribution in [0.15, 0.2) is 60.7 Å². The third-order valence-electron chi connectivity index (χ3n) is 4.86. The molecule has 0 saturated carbocycles. The summed E-state index contributed by atoms with van der Waals surface area (Å²) in [4.78, 5) is 0. The van der Waals surface area contributed by atoms with Gasteiger partial charge in [0.15, 0.2) is 0 Å². The predicted octanol–water partition coefficient (Wildman–Crippen LogP) is 5.53. The number of hydrogen-bond donors (Lipinski definition) is 1. The molecule has 1 aliphatic heterocycles. The number of allylic oxidation sites excluding steroid dienone is 2. The van der Waals surface area contributed by atoms with Gasteiger partial charge in [-0.05, 0) is 29.5 Å². The number of benzene rings is 2. The van der Waals surface area contributed by atoms with Gasteiger partial charge in [-0.2, -0.15) is 13.2 Å². The first-order valence-corrected chi connectivity index (χ1v) is 7.74. The Labute approximate surface area is 132 Å². The van der Waals surface area contributed by atoms with Crippen LogP contribution in [0.25, 0.3) is 0 Å². The zero-order valence-corrected chi connectivity index (χ0v) is 12.3. The van der Waals surface area contributed by atoms with E-state index in [9.17, 15) is 13.2 Å². The van der Waals surface area contributed by atoms with Gasteiger partial charge in [-0.1, -0.05) is 54.6 Å². The summed E-state index contributed by atoms with van der Waals surface area (Å²) in [6, 6.07) is 14.1. The van der Waals surface area contributed by atoms with E-state index in [2.05, 4.69) is 17.5 Å². The Bertz CT molecular complexity index is 749. The van der Waals surface area contributed by atoms with Gasteiger partial charge in [0.2, 0.25) is 0 Å². The van der Waals surface area contributed by atoms with E-state index < -0.39 is 11.7 Å². The van der Waals surface area contributed by atoms with E-state index in [-0.39, 0.29) is 23.6 Å². The van der Waals surface area contributed by atoms with Crippen molar-refractivity contribution in [3.8, 4) is 0 Å². The highest BCUT2D eigenvalue weighted by molar-refractivity contribution is 5.65. The van der Waals surface area contributed by atoms with Crippen LogP contribution in [-0.4, -0.2) is 0 Å². The quantitative estimate of drug-likeness (QED) is 0.682. The summed E-state index contributed by atoms with van der Waals surface area (Å²) in [5.41, 5.74) is 1.45. The SMILES string of the molecule is FC(F)(F)c1cccc2c1N[C@H](c1ccccc1)[C@H]1CC=C[C@H]21. The Morgan fingerprint density at radius 1 is 0.957 bits per heavy atom. The van der Waals surface area contributed by atoms with Crippen LogP contribution in [0, 0.1) is 5.92 Å². The summed E-state index contributed by atoms with van der Waals surface area (Å²) in [5, 5.41) is 3.20. The van der Waals surface area contributed by atoms with E-state index in [4.69, 9.17) is 0 Å². The topological polar surface area (TPSA) is 12.0 Å². The molecule has 0 unspecified atom stereocenters. The molecule has 23 heavy (non-hydrogen) atoms. The zero-order valence-electron chi connectivity index (χ0n) is 12.3. The van der Waals surface area contributed by atoms with Gasteiger partial charge in [-0.3, -0.25) is 0 Å². The van der Waals surface area contributed by atoms with E-state index in [1.807, 2.05) is 36.4 Å². The Balaban J connectivity index is 1.86. The highest BCUT2D eigenvalue weighted by Gasteiger charge is 2.42. The maximum atomic E-state index is 13.4. The minimum absolute atomic E-state index is 0.0405. The van der Waals surface area contributed by atoms with Crippen molar-refractivity contribution in [3.05, 3.63) is 77.4 Å². The predicted molar refractivity (Wildman–Crippen MR) is 84.2 cm³/mol. The van der Waals surface area contributed by atoms with Crippen molar-refractivity contribution in [1.82, 2.24) is 0 Å². The van der Waals surface area contributed by atoms with Crippen LogP contribution in [0.5, 0.6) is 0 Å². The molecule has 118 valence electrons. The fraction of sp³-hybridized carbons (Fsp3) is 0.263. The molecule has 1 heterocycles. The number of nitrogens with one attached hydrogen (secondary N) is 1. The van der Waals surface area contributed by atoms with Gasteiger partial charge in [0.05, 0.1) is 17.3 Å². The average molecular weight is 315 g/mol. The van der Waals surface area contributed by atoms with Crippen LogP contribution in [0.4, 0.5) is 18.9 Å². The lowest BCUT2D eigenvalue weighted by Crippen LogP contribution is -2.30. The lowest BCUT2D eigenvalue weighted by atomic mass is 9.76. The summed E-state index contributed by atoms with van der Waals surface area (Å²) < 4.78 is 40.2. The van der Waals surface area contributed by atoms with Crippen LogP contribution in [0.3, 0.4) is 0 Å². The number of halogens is 3. The molecule has 2 aliphatic rings. The van der Waals surface area contributed by atoms with Crippen molar-refractivity contribution in [3.63, 3.8) is 0 Å². The van der Waals surface area contributed by atoms with Gasteiger partial charge in [0, 0.05) is 5.92 Å². The normalized spacial score (nSPS) is 25.6. The first-order valence-electron chi connectivity index (χ1n) is 7.74. The van der Waals surface area contributed by atoms with Crippen molar-refractivity contribution >= 4 is 5.69 Å². The van der Waals surface area contributed by atoms with Gasteiger partial charge in [-0.15, -0.1) is 0 Å². The van der Waals surface area contributed by atoms with E-state index in [1.165, 1.54) is 6.07 Å². The van der Waals surface area contributed by atoms with Crippen molar-refractivity contribution < 1.29 is 13.2 Å². The summed E-state index contributed by atoms with van der Waals surface area (Å²) >= 11 is 0. The molecule has 0 spiro atoms. The molecule has 0 aromatic heterocycles. The number of fused-ring (bicyclic) bond motifs is 3. The molecule has 1 aliphatic carbocycles. The largest absolute Gasteiger partial charge is 0.418 e. The second-order valence-electron chi connectivity index (χ2n) is 6.15. The molecule has 1 N–H and O–H groups in total. The van der Waals surface area contributed by atoms with Gasteiger partial charge >= 0.3 is 6.18 Å². The number of alkyl halides is 3. The van der Waals surface area contributed by atoms with Gasteiger partial charge in [0.25, 0.3) is 0 Å². The van der Waals surface area contributed by atoms with E-state index in [1.54, 1.807) is 0 Å². The van der Waals surface area contributed by atoms with E-state index in [0.717, 1.165) is 23.6 Å². The second-order valence-corrected chi connectivity index (χ2v) is 6.15. The van der Waals surface area contributed by atoms with E-state index >= 15 is 0 Å². The molecule has 2 aromatic rings. The molecule has 0 amide bonds. The third kappa shape index (κ3) is 2.33. The molecule has 0 saturated heterocycles. The number of hydrogen-bond acceptors (Lipinski definition) is 1. The lowest BCUT2D eigenvalue weighted by Gasteiger charge is -2.38. The van der Waals surface area contributed by atoms with Gasteiger partial charge < -0.3 is 5.32 Å². The molecule has 4 heteroatoms. The number of rotatable bonds is 1. The molecule has 2 aromatic carbocycles. The number of para-hydroxylation sites is 1. The summed E-state index contributed by atoms with van der Waals surface area (Å²) in [6.07, 6.45) is 0.671. The Morgan fingerprint density at radius 3 is 2.48 bits per heavy atom. The summed E-state index contributed by atoms with van der Waals surface area (Å²) in [5.74, 6) is 0.298. The molecular weight excluding hydrogens is 299 g/mol. The summed E-state index contributed by atoms with van der Waals surface area (Å²) in [6.45, 7) is 0. The fourth-order valence-corrected chi connectivity index (χ4v) is 3.85. The fourth-order valence-electron chi connectivity index (χ4n) is 3.85. The van der Waals surface area contributed by atoms with Crippen molar-refractivity contribution in [2.24, 2.45) is 5.92 Å². The van der Waals surface area contributed by atoms with Crippen molar-refractivity contribution in [1.29, 1.82) is 0 Å².